The number of carbonyl (C=O) groups excluding carboxylic acids is 1. The van der Waals surface area contributed by atoms with E-state index in [2.05, 4.69) is 36.2 Å². The Hall–Kier alpha value is -3.15. The predicted octanol–water partition coefficient (Wildman–Crippen LogP) is 4.60. The predicted molar refractivity (Wildman–Crippen MR) is 121 cm³/mol. The average Bonchev–Trinajstić information content (AvgIpc) is 3.24. The van der Waals surface area contributed by atoms with E-state index >= 15 is 0 Å². The summed E-state index contributed by atoms with van der Waals surface area (Å²) in [5.41, 5.74) is 3.84. The number of fused-ring (bicyclic) bond motifs is 1. The van der Waals surface area contributed by atoms with Crippen LogP contribution in [0, 0.1) is 12.8 Å². The van der Waals surface area contributed by atoms with Crippen LogP contribution in [0.1, 0.15) is 34.5 Å². The highest BCUT2D eigenvalue weighted by atomic mass is 16.5. The summed E-state index contributed by atoms with van der Waals surface area (Å²) in [6.45, 7) is 3.64. The molecule has 0 bridgehead atoms. The van der Waals surface area contributed by atoms with Crippen molar-refractivity contribution in [3.63, 3.8) is 0 Å². The Kier molecular flexibility index (Phi) is 6.07. The Morgan fingerprint density at radius 2 is 1.81 bits per heavy atom. The van der Waals surface area contributed by atoms with Crippen LogP contribution in [0.15, 0.2) is 36.4 Å². The fraction of sp³-hybridized carbons (Fsp3) is 0.400. The van der Waals surface area contributed by atoms with Crippen LogP contribution in [-0.2, 0) is 6.42 Å². The standard InChI is InChI=1S/C25H30N2O4/c1-16-7-9-17(10-8-16)12-18-6-5-11-27(15-18)25(28)20-13-19-21(29-2)14-22(30-3)24(31-4)23(19)26-20/h7-10,13-14,18,26H,5-6,11-12,15H2,1-4H3/t18-/m1/s1. The number of aromatic amines is 1. The number of amides is 1. The van der Waals surface area contributed by atoms with E-state index in [1.807, 2.05) is 11.0 Å². The minimum atomic E-state index is 0.00730. The first kappa shape index (κ1) is 21.1. The zero-order chi connectivity index (χ0) is 22.0. The molecule has 164 valence electrons. The van der Waals surface area contributed by atoms with Gasteiger partial charge in [-0.1, -0.05) is 29.8 Å². The minimum absolute atomic E-state index is 0.00730. The molecule has 1 aliphatic rings. The molecule has 1 fully saturated rings. The number of likely N-dealkylation sites (tertiary alicyclic amines) is 1. The van der Waals surface area contributed by atoms with Gasteiger partial charge in [0.05, 0.1) is 26.8 Å². The molecule has 1 amide bonds. The van der Waals surface area contributed by atoms with E-state index in [0.29, 0.717) is 34.4 Å². The van der Waals surface area contributed by atoms with Gasteiger partial charge in [0.2, 0.25) is 0 Å². The van der Waals surface area contributed by atoms with Crippen LogP contribution in [-0.4, -0.2) is 50.2 Å². The smallest absolute Gasteiger partial charge is 0.270 e. The number of hydrogen-bond donors (Lipinski definition) is 1. The van der Waals surface area contributed by atoms with Crippen molar-refractivity contribution in [3.8, 4) is 17.2 Å². The van der Waals surface area contributed by atoms with Gasteiger partial charge in [0.15, 0.2) is 11.5 Å². The lowest BCUT2D eigenvalue weighted by Crippen LogP contribution is -2.40. The van der Waals surface area contributed by atoms with Crippen molar-refractivity contribution in [3.05, 3.63) is 53.2 Å². The summed E-state index contributed by atoms with van der Waals surface area (Å²) < 4.78 is 16.5. The molecule has 0 saturated carbocycles. The summed E-state index contributed by atoms with van der Waals surface area (Å²) in [5.74, 6) is 2.23. The van der Waals surface area contributed by atoms with E-state index in [-0.39, 0.29) is 5.91 Å². The summed E-state index contributed by atoms with van der Waals surface area (Å²) in [6.07, 6.45) is 3.15. The number of nitrogens with one attached hydrogen (secondary N) is 1. The van der Waals surface area contributed by atoms with Gasteiger partial charge in [-0.2, -0.15) is 0 Å². The first-order valence-electron chi connectivity index (χ1n) is 10.7. The number of aromatic nitrogens is 1. The maximum absolute atomic E-state index is 13.3. The van der Waals surface area contributed by atoms with Crippen LogP contribution in [0.3, 0.4) is 0 Å². The highest BCUT2D eigenvalue weighted by Crippen LogP contribution is 2.41. The lowest BCUT2D eigenvalue weighted by Gasteiger charge is -2.32. The van der Waals surface area contributed by atoms with E-state index in [1.165, 1.54) is 11.1 Å². The van der Waals surface area contributed by atoms with Gasteiger partial charge in [-0.05, 0) is 43.7 Å². The molecule has 0 spiro atoms. The number of rotatable bonds is 6. The maximum Gasteiger partial charge on any atom is 0.270 e. The molecule has 4 rings (SSSR count). The largest absolute Gasteiger partial charge is 0.496 e. The number of ether oxygens (including phenoxy) is 3. The van der Waals surface area contributed by atoms with Crippen LogP contribution < -0.4 is 14.2 Å². The zero-order valence-corrected chi connectivity index (χ0v) is 18.7. The van der Waals surface area contributed by atoms with Gasteiger partial charge in [0.25, 0.3) is 5.91 Å². The van der Waals surface area contributed by atoms with Crippen LogP contribution in [0.4, 0.5) is 0 Å². The van der Waals surface area contributed by atoms with Gasteiger partial charge in [-0.25, -0.2) is 0 Å². The molecule has 31 heavy (non-hydrogen) atoms. The third-order valence-electron chi connectivity index (χ3n) is 6.12. The highest BCUT2D eigenvalue weighted by molar-refractivity contribution is 6.02. The average molecular weight is 423 g/mol. The third-order valence-corrected chi connectivity index (χ3v) is 6.12. The first-order valence-corrected chi connectivity index (χ1v) is 10.7. The molecule has 6 nitrogen and oxygen atoms in total. The third kappa shape index (κ3) is 4.20. The number of H-pyrrole nitrogens is 1. The van der Waals surface area contributed by atoms with Crippen LogP contribution in [0.25, 0.3) is 10.9 Å². The molecule has 2 heterocycles. The van der Waals surface area contributed by atoms with Gasteiger partial charge in [0.1, 0.15) is 11.4 Å². The van der Waals surface area contributed by atoms with Gasteiger partial charge in [-0.3, -0.25) is 4.79 Å². The Morgan fingerprint density at radius 3 is 2.48 bits per heavy atom. The zero-order valence-electron chi connectivity index (χ0n) is 18.7. The van der Waals surface area contributed by atoms with Gasteiger partial charge in [0, 0.05) is 24.5 Å². The van der Waals surface area contributed by atoms with Crippen molar-refractivity contribution < 1.29 is 19.0 Å². The second kappa shape index (κ2) is 8.92. The van der Waals surface area contributed by atoms with Gasteiger partial charge >= 0.3 is 0 Å². The number of piperidine rings is 1. The highest BCUT2D eigenvalue weighted by Gasteiger charge is 2.27. The lowest BCUT2D eigenvalue weighted by molar-refractivity contribution is 0.0668. The number of nitrogens with zero attached hydrogens (tertiary/aromatic N) is 1. The van der Waals surface area contributed by atoms with E-state index in [4.69, 9.17) is 14.2 Å². The van der Waals surface area contributed by atoms with Crippen molar-refractivity contribution in [2.24, 2.45) is 5.92 Å². The number of benzene rings is 2. The lowest BCUT2D eigenvalue weighted by atomic mass is 9.91. The molecule has 1 aliphatic heterocycles. The number of hydrogen-bond acceptors (Lipinski definition) is 4. The molecule has 0 unspecified atom stereocenters. The monoisotopic (exact) mass is 422 g/mol. The fourth-order valence-corrected chi connectivity index (χ4v) is 4.50. The molecule has 6 heteroatoms. The molecule has 1 saturated heterocycles. The van der Waals surface area contributed by atoms with Crippen molar-refractivity contribution in [1.29, 1.82) is 0 Å². The Bertz CT molecular complexity index is 1070. The molecule has 3 aromatic rings. The summed E-state index contributed by atoms with van der Waals surface area (Å²) in [7, 11) is 4.78. The Labute approximate surface area is 183 Å². The summed E-state index contributed by atoms with van der Waals surface area (Å²) in [4.78, 5) is 18.6. The van der Waals surface area contributed by atoms with Crippen molar-refractivity contribution in [2.45, 2.75) is 26.2 Å². The number of aryl methyl sites for hydroxylation is 1. The normalized spacial score (nSPS) is 16.4. The van der Waals surface area contributed by atoms with E-state index in [1.54, 1.807) is 27.4 Å². The maximum atomic E-state index is 13.3. The fourth-order valence-electron chi connectivity index (χ4n) is 4.50. The molecule has 2 aromatic carbocycles. The Morgan fingerprint density at radius 1 is 1.06 bits per heavy atom. The van der Waals surface area contributed by atoms with Crippen LogP contribution in [0.2, 0.25) is 0 Å². The molecular formula is C25H30N2O4. The van der Waals surface area contributed by atoms with E-state index < -0.39 is 0 Å². The molecular weight excluding hydrogens is 392 g/mol. The molecule has 1 aromatic heterocycles. The molecule has 0 aliphatic carbocycles. The van der Waals surface area contributed by atoms with Crippen LogP contribution in [0.5, 0.6) is 17.2 Å². The number of methoxy groups -OCH3 is 3. The molecule has 0 radical (unpaired) electrons. The van der Waals surface area contributed by atoms with Crippen LogP contribution >= 0.6 is 0 Å². The summed E-state index contributed by atoms with van der Waals surface area (Å²) in [6, 6.07) is 12.3. The van der Waals surface area contributed by atoms with Crippen molar-refractivity contribution >= 4 is 16.8 Å². The van der Waals surface area contributed by atoms with Gasteiger partial charge < -0.3 is 24.1 Å². The SMILES string of the molecule is COc1cc(OC)c2cc(C(=O)N3CCC[C@H](Cc4ccc(C)cc4)C3)[nH]c2c1OC. The topological polar surface area (TPSA) is 63.8 Å². The summed E-state index contributed by atoms with van der Waals surface area (Å²) >= 11 is 0. The second-order valence-corrected chi connectivity index (χ2v) is 8.24. The second-order valence-electron chi connectivity index (χ2n) is 8.24. The van der Waals surface area contributed by atoms with Crippen molar-refractivity contribution in [2.75, 3.05) is 34.4 Å². The summed E-state index contributed by atoms with van der Waals surface area (Å²) in [5, 5.41) is 0.803. The molecule has 1 N–H and O–H groups in total. The van der Waals surface area contributed by atoms with Gasteiger partial charge in [-0.15, -0.1) is 0 Å². The quantitative estimate of drug-likeness (QED) is 0.631. The van der Waals surface area contributed by atoms with E-state index in [0.717, 1.165) is 37.7 Å². The number of carbonyl (C=O) groups is 1. The van der Waals surface area contributed by atoms with Crippen molar-refractivity contribution in [1.82, 2.24) is 9.88 Å². The molecule has 1 atom stereocenters. The van der Waals surface area contributed by atoms with E-state index in [9.17, 15) is 4.79 Å². The minimum Gasteiger partial charge on any atom is -0.496 e. The Balaban J connectivity index is 1.57. The first-order chi connectivity index (χ1) is 15.0.